The standard InChI is InChI=1S/C59H55N5O/c1-35(29-37(33-60)48(34-61)36(2)63-51-25-21-38(58(3,4)5)30-45(51)46-31-39(59(6,7)8)22-26-52(46)63)62-53-27-23-40(64-49-18-12-9-15-41(49)42-16-10-13-19-50(42)64)32-47(53)56-54(62)28-24-44-43-17-11-14-20-55(43)65-57(44)56/h9-10,12,14-16,18,20-32,36,54,56H,11,13,17,19H2,1-8H3/b35-29+,48-37+. The number of hydrogen-bond donors (Lipinski definition) is 0. The summed E-state index contributed by atoms with van der Waals surface area (Å²) in [5, 5.41) is 25.7. The number of para-hydroxylation sites is 1. The van der Waals surface area contributed by atoms with Crippen LogP contribution in [0.1, 0.15) is 131 Å². The Bertz CT molecular complexity index is 3340. The summed E-state index contributed by atoms with van der Waals surface area (Å²) >= 11 is 0. The fourth-order valence-electron chi connectivity index (χ4n) is 11.3. The van der Waals surface area contributed by atoms with Crippen molar-refractivity contribution in [1.82, 2.24) is 9.13 Å². The molecule has 6 heteroatoms. The molecule has 11 rings (SSSR count). The average Bonchev–Trinajstić information content (AvgIpc) is 4.03. The Hall–Kier alpha value is -7.02. The van der Waals surface area contributed by atoms with Crippen molar-refractivity contribution in [3.8, 4) is 17.8 Å². The number of fused-ring (bicyclic) bond motifs is 13. The number of rotatable bonds is 5. The van der Waals surface area contributed by atoms with E-state index in [1.54, 1.807) is 0 Å². The van der Waals surface area contributed by atoms with Crippen LogP contribution in [0, 0.1) is 22.7 Å². The summed E-state index contributed by atoms with van der Waals surface area (Å²) in [6, 6.07) is 33.7. The van der Waals surface area contributed by atoms with Crippen molar-refractivity contribution >= 4 is 56.6 Å². The zero-order valence-corrected chi connectivity index (χ0v) is 38.8. The van der Waals surface area contributed by atoms with Crippen LogP contribution in [0.2, 0.25) is 0 Å². The van der Waals surface area contributed by atoms with Crippen molar-refractivity contribution in [3.63, 3.8) is 0 Å². The van der Waals surface area contributed by atoms with E-state index in [1.165, 1.54) is 50.0 Å². The highest BCUT2D eigenvalue weighted by molar-refractivity contribution is 6.09. The summed E-state index contributed by atoms with van der Waals surface area (Å²) in [6.07, 6.45) is 19.4. The molecule has 0 radical (unpaired) electrons. The molecule has 4 heterocycles. The fourth-order valence-corrected chi connectivity index (χ4v) is 11.3. The van der Waals surface area contributed by atoms with Crippen LogP contribution in [-0.2, 0) is 23.7 Å². The van der Waals surface area contributed by atoms with E-state index in [9.17, 15) is 10.5 Å². The van der Waals surface area contributed by atoms with Crippen molar-refractivity contribution in [2.24, 2.45) is 0 Å². The molecule has 3 aromatic heterocycles. The van der Waals surface area contributed by atoms with Crippen molar-refractivity contribution in [3.05, 3.63) is 171 Å². The van der Waals surface area contributed by atoms with E-state index in [0.717, 1.165) is 76.1 Å². The number of nitriles is 2. The first-order chi connectivity index (χ1) is 31.3. The Kier molecular flexibility index (Phi) is 9.25. The molecule has 0 N–H and O–H groups in total. The number of aromatic nitrogens is 2. The molecular formula is C59H55N5O. The van der Waals surface area contributed by atoms with E-state index in [-0.39, 0.29) is 22.8 Å². The normalized spacial score (nSPS) is 18.6. The van der Waals surface area contributed by atoms with Crippen LogP contribution in [0.4, 0.5) is 5.69 Å². The van der Waals surface area contributed by atoms with Gasteiger partial charge in [0.15, 0.2) is 0 Å². The van der Waals surface area contributed by atoms with Gasteiger partial charge in [0.1, 0.15) is 17.6 Å². The molecule has 7 aromatic rings. The SMILES string of the molecule is C/C(=C\C(C#N)=C(\C#N)C(C)n1c2ccc(C(C)(C)C)cc2c2cc(C(C)(C)C)ccc21)N1c2ccc(-n3c4c(c5ccccc53)C=CCC4)cc2C2c3oc4c(c3C=CC21)CCC=C4. The maximum Gasteiger partial charge on any atom is 0.130 e. The van der Waals surface area contributed by atoms with Gasteiger partial charge < -0.3 is 18.5 Å². The quantitative estimate of drug-likeness (QED) is 0.128. The minimum atomic E-state index is -0.419. The van der Waals surface area contributed by atoms with Gasteiger partial charge in [0.05, 0.1) is 40.7 Å². The predicted octanol–water partition coefficient (Wildman–Crippen LogP) is 14.7. The number of benzene rings is 4. The topological polar surface area (TPSA) is 73.8 Å². The molecule has 4 aromatic carbocycles. The summed E-state index contributed by atoms with van der Waals surface area (Å²) in [6.45, 7) is 17.6. The first-order valence-corrected chi connectivity index (χ1v) is 23.3. The fraction of sp³-hybridized carbons (Fsp3) is 0.288. The maximum atomic E-state index is 11.1. The zero-order chi connectivity index (χ0) is 45.1. The molecule has 0 amide bonds. The Balaban J connectivity index is 1.06. The van der Waals surface area contributed by atoms with Gasteiger partial charge in [-0.15, -0.1) is 0 Å². The van der Waals surface area contributed by atoms with Crippen LogP contribution in [0.3, 0.4) is 0 Å². The second-order valence-corrected chi connectivity index (χ2v) is 20.6. The first kappa shape index (κ1) is 40.7. The molecule has 3 unspecified atom stereocenters. The molecule has 65 heavy (non-hydrogen) atoms. The molecule has 0 bridgehead atoms. The van der Waals surface area contributed by atoms with E-state index in [0.29, 0.717) is 11.1 Å². The maximum absolute atomic E-state index is 11.1. The van der Waals surface area contributed by atoms with Gasteiger partial charge >= 0.3 is 0 Å². The van der Waals surface area contributed by atoms with Gasteiger partial charge in [-0.05, 0) is 128 Å². The van der Waals surface area contributed by atoms with Gasteiger partial charge in [0, 0.05) is 66.6 Å². The van der Waals surface area contributed by atoms with Crippen LogP contribution in [0.5, 0.6) is 0 Å². The molecular weight excluding hydrogens is 795 g/mol. The van der Waals surface area contributed by atoms with Crippen LogP contribution >= 0.6 is 0 Å². The van der Waals surface area contributed by atoms with E-state index in [2.05, 4.69) is 197 Å². The number of furan rings is 1. The lowest BCUT2D eigenvalue weighted by Gasteiger charge is -2.30. The second kappa shape index (κ2) is 14.8. The number of hydrogen-bond acceptors (Lipinski definition) is 4. The molecule has 3 aliphatic carbocycles. The lowest BCUT2D eigenvalue weighted by molar-refractivity contribution is 0.465. The third-order valence-electron chi connectivity index (χ3n) is 14.6. The van der Waals surface area contributed by atoms with E-state index >= 15 is 0 Å². The minimum absolute atomic E-state index is 0.0329. The van der Waals surface area contributed by atoms with Gasteiger partial charge in [0.2, 0.25) is 0 Å². The Morgan fingerprint density at radius 2 is 1.45 bits per heavy atom. The average molecular weight is 850 g/mol. The molecule has 0 saturated heterocycles. The largest absolute Gasteiger partial charge is 0.460 e. The van der Waals surface area contributed by atoms with Crippen molar-refractivity contribution in [2.75, 3.05) is 4.90 Å². The summed E-state index contributed by atoms with van der Waals surface area (Å²) in [5.74, 6) is 1.90. The molecule has 1 aliphatic heterocycles. The number of nitrogens with zero attached hydrogens (tertiary/aromatic N) is 5. The summed E-state index contributed by atoms with van der Waals surface area (Å²) in [5.41, 5.74) is 16.0. The zero-order valence-electron chi connectivity index (χ0n) is 38.8. The van der Waals surface area contributed by atoms with Crippen LogP contribution < -0.4 is 4.90 Å². The lowest BCUT2D eigenvalue weighted by Crippen LogP contribution is -2.32. The lowest BCUT2D eigenvalue weighted by atomic mass is 9.84. The third kappa shape index (κ3) is 6.25. The summed E-state index contributed by atoms with van der Waals surface area (Å²) < 4.78 is 11.6. The Labute approximate surface area is 382 Å². The highest BCUT2D eigenvalue weighted by Crippen LogP contribution is 2.53. The smallest absolute Gasteiger partial charge is 0.130 e. The monoisotopic (exact) mass is 849 g/mol. The Morgan fingerprint density at radius 1 is 0.754 bits per heavy atom. The highest BCUT2D eigenvalue weighted by atomic mass is 16.3. The molecule has 0 spiro atoms. The second-order valence-electron chi connectivity index (χ2n) is 20.6. The van der Waals surface area contributed by atoms with Crippen LogP contribution in [0.15, 0.2) is 124 Å². The van der Waals surface area contributed by atoms with Crippen molar-refractivity contribution < 1.29 is 4.42 Å². The van der Waals surface area contributed by atoms with E-state index in [4.69, 9.17) is 4.42 Å². The van der Waals surface area contributed by atoms with Crippen LogP contribution in [-0.4, -0.2) is 15.2 Å². The first-order valence-electron chi connectivity index (χ1n) is 23.3. The van der Waals surface area contributed by atoms with Gasteiger partial charge in [-0.3, -0.25) is 0 Å². The minimum Gasteiger partial charge on any atom is -0.460 e. The summed E-state index contributed by atoms with van der Waals surface area (Å²) in [7, 11) is 0. The number of allylic oxidation sites excluding steroid dienone is 6. The van der Waals surface area contributed by atoms with E-state index < -0.39 is 6.04 Å². The van der Waals surface area contributed by atoms with Gasteiger partial charge in [-0.25, -0.2) is 0 Å². The van der Waals surface area contributed by atoms with E-state index in [1.807, 2.05) is 6.08 Å². The molecule has 0 saturated carbocycles. The molecule has 0 fully saturated rings. The number of anilines is 1. The van der Waals surface area contributed by atoms with Gasteiger partial charge in [-0.1, -0.05) is 102 Å². The van der Waals surface area contributed by atoms with Gasteiger partial charge in [-0.2, -0.15) is 10.5 Å². The third-order valence-corrected chi connectivity index (χ3v) is 14.6. The predicted molar refractivity (Wildman–Crippen MR) is 267 cm³/mol. The van der Waals surface area contributed by atoms with Crippen LogP contribution in [0.25, 0.3) is 56.6 Å². The summed E-state index contributed by atoms with van der Waals surface area (Å²) in [4.78, 5) is 2.37. The van der Waals surface area contributed by atoms with Crippen molar-refractivity contribution in [1.29, 1.82) is 10.5 Å². The molecule has 322 valence electrons. The highest BCUT2D eigenvalue weighted by Gasteiger charge is 2.45. The van der Waals surface area contributed by atoms with Gasteiger partial charge in [0.25, 0.3) is 0 Å². The Morgan fingerprint density at radius 3 is 2.14 bits per heavy atom. The van der Waals surface area contributed by atoms with Crippen molar-refractivity contribution in [2.45, 2.75) is 110 Å². The molecule has 3 atom stereocenters. The molecule has 6 nitrogen and oxygen atoms in total. The molecule has 4 aliphatic rings.